The Morgan fingerprint density at radius 2 is 1.97 bits per heavy atom. The van der Waals surface area contributed by atoms with Crippen LogP contribution in [0, 0.1) is 11.8 Å². The minimum absolute atomic E-state index is 0.307. The summed E-state index contributed by atoms with van der Waals surface area (Å²) in [5.74, 6) is 3.36. The average Bonchev–Trinajstić information content (AvgIpc) is 3.05. The molecule has 0 aromatic heterocycles. The van der Waals surface area contributed by atoms with Crippen LogP contribution in [0.2, 0.25) is 0 Å². The smallest absolute Gasteiger partial charge is 0.385 e. The van der Waals surface area contributed by atoms with Gasteiger partial charge in [0.05, 0.1) is 13.7 Å². The van der Waals surface area contributed by atoms with Crippen LogP contribution in [0.3, 0.4) is 0 Å². The highest BCUT2D eigenvalue weighted by atomic mass is 16.7. The summed E-state index contributed by atoms with van der Waals surface area (Å²) >= 11 is 0. The molecule has 1 rings (SSSR count). The predicted molar refractivity (Wildman–Crippen MR) is 111 cm³/mol. The molecule has 0 aromatic carbocycles. The normalized spacial score (nSPS) is 19.5. The van der Waals surface area contributed by atoms with Gasteiger partial charge in [0.1, 0.15) is 12.2 Å². The van der Waals surface area contributed by atoms with E-state index in [9.17, 15) is 9.59 Å². The first-order chi connectivity index (χ1) is 13.9. The van der Waals surface area contributed by atoms with Crippen LogP contribution in [0.4, 0.5) is 0 Å². The Morgan fingerprint density at radius 1 is 1.24 bits per heavy atom. The minimum atomic E-state index is -0.733. The van der Waals surface area contributed by atoms with Crippen molar-refractivity contribution in [1.29, 1.82) is 0 Å². The molecule has 29 heavy (non-hydrogen) atoms. The summed E-state index contributed by atoms with van der Waals surface area (Å²) in [5, 5.41) is 0. The molecule has 1 heterocycles. The van der Waals surface area contributed by atoms with E-state index >= 15 is 0 Å². The molecule has 1 aliphatic heterocycles. The number of hydrogen-bond donors (Lipinski definition) is 0. The number of carbonyl (C=O) groups is 2. The predicted octanol–water partition coefficient (Wildman–Crippen LogP) is 3.42. The van der Waals surface area contributed by atoms with Crippen molar-refractivity contribution in [2.75, 3.05) is 13.7 Å². The maximum absolute atomic E-state index is 12.1. The lowest BCUT2D eigenvalue weighted by molar-refractivity contribution is -0.161. The van der Waals surface area contributed by atoms with Gasteiger partial charge in [0.15, 0.2) is 5.79 Å². The quantitative estimate of drug-likeness (QED) is 0.148. The lowest BCUT2D eigenvalue weighted by Gasteiger charge is -2.21. The van der Waals surface area contributed by atoms with E-state index in [2.05, 4.69) is 23.2 Å². The fraction of sp³-hybridized carbons (Fsp3) is 0.391. The van der Waals surface area contributed by atoms with Crippen LogP contribution in [0.25, 0.3) is 0 Å². The molecule has 156 valence electrons. The highest BCUT2D eigenvalue weighted by Gasteiger charge is 2.38. The molecule has 0 radical (unpaired) electrons. The average molecular weight is 400 g/mol. The molecule has 6 nitrogen and oxygen atoms in total. The summed E-state index contributed by atoms with van der Waals surface area (Å²) in [5.41, 5.74) is 0. The number of rotatable bonds is 9. The second-order valence-electron chi connectivity index (χ2n) is 6.39. The van der Waals surface area contributed by atoms with Crippen LogP contribution >= 0.6 is 0 Å². The van der Waals surface area contributed by atoms with Crippen LogP contribution < -0.4 is 0 Å². The van der Waals surface area contributed by atoms with E-state index in [1.165, 1.54) is 13.2 Å². The number of allylic oxidation sites excluding steroid dienone is 7. The molecule has 0 saturated carbocycles. The molecule has 0 unspecified atom stereocenters. The molecule has 0 bridgehead atoms. The zero-order chi connectivity index (χ0) is 21.5. The summed E-state index contributed by atoms with van der Waals surface area (Å²) in [6, 6.07) is 0. The topological polar surface area (TPSA) is 71.1 Å². The van der Waals surface area contributed by atoms with Gasteiger partial charge in [-0.25, -0.2) is 9.59 Å². The van der Waals surface area contributed by atoms with Crippen molar-refractivity contribution in [2.24, 2.45) is 0 Å². The van der Waals surface area contributed by atoms with Crippen LogP contribution in [-0.4, -0.2) is 43.7 Å². The molecule has 0 spiro atoms. The van der Waals surface area contributed by atoms with Gasteiger partial charge in [-0.2, -0.15) is 0 Å². The Morgan fingerprint density at radius 3 is 2.62 bits per heavy atom. The molecule has 2 atom stereocenters. The Labute approximate surface area is 172 Å². The first kappa shape index (κ1) is 24.2. The highest BCUT2D eigenvalue weighted by Crippen LogP contribution is 2.26. The summed E-state index contributed by atoms with van der Waals surface area (Å²) in [7, 11) is 1.31. The van der Waals surface area contributed by atoms with Gasteiger partial charge in [0.2, 0.25) is 0 Å². The van der Waals surface area contributed by atoms with E-state index in [0.29, 0.717) is 19.4 Å². The van der Waals surface area contributed by atoms with E-state index in [1.54, 1.807) is 50.3 Å². The van der Waals surface area contributed by atoms with E-state index in [-0.39, 0.29) is 0 Å². The van der Waals surface area contributed by atoms with E-state index in [4.69, 9.17) is 14.2 Å². The van der Waals surface area contributed by atoms with Gasteiger partial charge in [-0.3, -0.25) is 0 Å². The molecule has 1 aliphatic rings. The van der Waals surface area contributed by atoms with Crippen molar-refractivity contribution < 1.29 is 28.5 Å². The molecular formula is C23H28O6. The SMILES string of the molecule is C=C/C=C/C=C/C=C/[C@@H](OC(=O)C#CCC/C=C/C(=O)OC)[C@H]1COC(C)(C)O1. The summed E-state index contributed by atoms with van der Waals surface area (Å²) in [6.45, 7) is 7.51. The molecule has 0 N–H and O–H groups in total. The van der Waals surface area contributed by atoms with Crippen LogP contribution in [0.5, 0.6) is 0 Å². The van der Waals surface area contributed by atoms with Gasteiger partial charge in [-0.15, -0.1) is 0 Å². The van der Waals surface area contributed by atoms with E-state index in [1.807, 2.05) is 12.2 Å². The van der Waals surface area contributed by atoms with Crippen molar-refractivity contribution in [1.82, 2.24) is 0 Å². The van der Waals surface area contributed by atoms with Crippen molar-refractivity contribution in [2.45, 2.75) is 44.7 Å². The third-order valence-electron chi connectivity index (χ3n) is 3.60. The fourth-order valence-corrected chi connectivity index (χ4v) is 2.25. The molecule has 0 aliphatic carbocycles. The highest BCUT2D eigenvalue weighted by molar-refractivity contribution is 5.88. The second-order valence-corrected chi connectivity index (χ2v) is 6.39. The van der Waals surface area contributed by atoms with Gasteiger partial charge in [0, 0.05) is 18.4 Å². The third-order valence-corrected chi connectivity index (χ3v) is 3.60. The number of unbranched alkanes of at least 4 members (excludes halogenated alkanes) is 1. The third kappa shape index (κ3) is 10.9. The van der Waals surface area contributed by atoms with Crippen LogP contribution in [-0.2, 0) is 28.5 Å². The Balaban J connectivity index is 2.64. The molecule has 0 aromatic rings. The summed E-state index contributed by atoms with van der Waals surface area (Å²) < 4.78 is 21.3. The fourth-order valence-electron chi connectivity index (χ4n) is 2.25. The van der Waals surface area contributed by atoms with Crippen molar-refractivity contribution in [3.8, 4) is 11.8 Å². The molecule has 6 heteroatoms. The monoisotopic (exact) mass is 400 g/mol. The Hall–Kier alpha value is -2.88. The maximum Gasteiger partial charge on any atom is 0.385 e. The number of carbonyl (C=O) groups excluding carboxylic acids is 2. The lowest BCUT2D eigenvalue weighted by Crippen LogP contribution is -2.33. The van der Waals surface area contributed by atoms with E-state index < -0.39 is 29.9 Å². The van der Waals surface area contributed by atoms with Gasteiger partial charge < -0.3 is 18.9 Å². The largest absolute Gasteiger partial charge is 0.466 e. The minimum Gasteiger partial charge on any atom is -0.466 e. The Kier molecular flexibility index (Phi) is 11.1. The molecule has 0 amide bonds. The zero-order valence-corrected chi connectivity index (χ0v) is 17.1. The van der Waals surface area contributed by atoms with Gasteiger partial charge in [0.25, 0.3) is 0 Å². The molecule has 1 fully saturated rings. The number of ether oxygens (including phenoxy) is 4. The van der Waals surface area contributed by atoms with Crippen molar-refractivity contribution in [3.05, 3.63) is 61.3 Å². The lowest BCUT2D eigenvalue weighted by atomic mass is 10.2. The molecule has 1 saturated heterocycles. The number of methoxy groups -OCH3 is 1. The maximum atomic E-state index is 12.1. The standard InChI is InChI=1S/C23H28O6/c1-5-6-7-8-9-12-15-19(20-18-27-23(2,3)29-20)28-22(25)17-14-11-10-13-16-21(24)26-4/h5-9,12-13,15-16,19-20H,1,10-11,18H2,2-4H3/b7-6+,9-8+,15-12+,16-13+/t19-,20-/m1/s1. The first-order valence-corrected chi connectivity index (χ1v) is 9.26. The van der Waals surface area contributed by atoms with Gasteiger partial charge >= 0.3 is 11.9 Å². The Bertz CT molecular complexity index is 730. The number of hydrogen-bond acceptors (Lipinski definition) is 6. The summed E-state index contributed by atoms with van der Waals surface area (Å²) in [6.07, 6.45) is 15.3. The first-order valence-electron chi connectivity index (χ1n) is 9.26. The zero-order valence-electron chi connectivity index (χ0n) is 17.1. The van der Waals surface area contributed by atoms with Crippen molar-refractivity contribution in [3.63, 3.8) is 0 Å². The summed E-state index contributed by atoms with van der Waals surface area (Å²) in [4.78, 5) is 23.0. The number of esters is 2. The van der Waals surface area contributed by atoms with E-state index in [0.717, 1.165) is 0 Å². The van der Waals surface area contributed by atoms with Crippen LogP contribution in [0.1, 0.15) is 26.7 Å². The van der Waals surface area contributed by atoms with Gasteiger partial charge in [-0.05, 0) is 26.3 Å². The van der Waals surface area contributed by atoms with Crippen molar-refractivity contribution >= 4 is 11.9 Å². The second kappa shape index (κ2) is 13.3. The van der Waals surface area contributed by atoms with Crippen LogP contribution in [0.15, 0.2) is 61.3 Å². The molecular weight excluding hydrogens is 372 g/mol. The van der Waals surface area contributed by atoms with Gasteiger partial charge in [-0.1, -0.05) is 55.0 Å².